The van der Waals surface area contributed by atoms with Crippen LogP contribution < -0.4 is 5.32 Å². The third-order valence-electron chi connectivity index (χ3n) is 5.00. The Morgan fingerprint density at radius 2 is 1.96 bits per heavy atom. The molecule has 1 fully saturated rings. The summed E-state index contributed by atoms with van der Waals surface area (Å²) in [5, 5.41) is 32.6. The molecule has 1 aliphatic rings. The number of aliphatic hydroxyl groups is 2. The first-order chi connectivity index (χ1) is 11.0. The second-order valence-corrected chi connectivity index (χ2v) is 12.6. The number of hydrogen-bond donors (Lipinski definition) is 3. The predicted octanol–water partition coefficient (Wildman–Crippen LogP) is 3.11. The third-order valence-corrected chi connectivity index (χ3v) is 9.50. The van der Waals surface area contributed by atoms with Gasteiger partial charge in [0.25, 0.3) is 0 Å². The van der Waals surface area contributed by atoms with Gasteiger partial charge in [0.15, 0.2) is 13.3 Å². The van der Waals surface area contributed by atoms with E-state index in [-0.39, 0.29) is 23.4 Å². The summed E-state index contributed by atoms with van der Waals surface area (Å²) in [5.74, 6) is -0.391. The number of nitrogens with one attached hydrogen (secondary N) is 1. The van der Waals surface area contributed by atoms with E-state index in [9.17, 15) is 15.6 Å². The van der Waals surface area contributed by atoms with Gasteiger partial charge < -0.3 is 19.4 Å². The van der Waals surface area contributed by atoms with Gasteiger partial charge in [-0.05, 0) is 37.9 Å². The van der Waals surface area contributed by atoms with Crippen molar-refractivity contribution in [2.45, 2.75) is 76.9 Å². The monoisotopic (exact) mass is 358 g/mol. The van der Waals surface area contributed by atoms with Crippen molar-refractivity contribution in [2.24, 2.45) is 0 Å². The van der Waals surface area contributed by atoms with Crippen LogP contribution in [0.25, 0.3) is 4.98 Å². The van der Waals surface area contributed by atoms with Crippen molar-refractivity contribution in [3.63, 3.8) is 0 Å². The van der Waals surface area contributed by atoms with Gasteiger partial charge in [0, 0.05) is 0 Å². The van der Waals surface area contributed by atoms with Crippen LogP contribution >= 0.6 is 0 Å². The number of diazo groups is 1. The molecule has 1 heterocycles. The highest BCUT2D eigenvalue weighted by molar-refractivity contribution is 6.74. The molecule has 0 amide bonds. The normalized spacial score (nSPS) is 26.5. The van der Waals surface area contributed by atoms with Gasteiger partial charge in [-0.1, -0.05) is 20.8 Å². The van der Waals surface area contributed by atoms with Crippen LogP contribution in [0.2, 0.25) is 18.1 Å². The van der Waals surface area contributed by atoms with Crippen LogP contribution in [0.5, 0.6) is 0 Å². The van der Waals surface area contributed by atoms with E-state index in [0.717, 1.165) is 0 Å². The van der Waals surface area contributed by atoms with Crippen LogP contribution in [-0.4, -0.2) is 49.9 Å². The Kier molecular flexibility index (Phi) is 7.22. The van der Waals surface area contributed by atoms with Crippen molar-refractivity contribution in [1.82, 2.24) is 5.32 Å². The molecular weight excluding hydrogens is 326 g/mol. The van der Waals surface area contributed by atoms with E-state index in [1.807, 2.05) is 0 Å². The fraction of sp³-hybridized carbons (Fsp3) is 0.875. The number of rotatable bonds is 6. The van der Waals surface area contributed by atoms with Crippen molar-refractivity contribution in [3.05, 3.63) is 16.6 Å². The van der Waals surface area contributed by atoms with E-state index in [2.05, 4.69) is 44.2 Å². The van der Waals surface area contributed by atoms with E-state index >= 15 is 0 Å². The minimum atomic E-state index is -1.92. The molecule has 0 bridgehead atoms. The molecule has 0 aromatic heterocycles. The summed E-state index contributed by atoms with van der Waals surface area (Å²) >= 11 is 0. The first-order valence-electron chi connectivity index (χ1n) is 8.52. The maximum atomic E-state index is 10.3. The number of piperidine rings is 1. The maximum Gasteiger partial charge on any atom is 0.457 e. The van der Waals surface area contributed by atoms with Crippen molar-refractivity contribution >= 4 is 8.32 Å². The van der Waals surface area contributed by atoms with Gasteiger partial charge in [-0.3, -0.25) is 5.32 Å². The standard InChI is InChI=1S/C16H31N3O4Si/c1-7-22-15(21)14(19-17)11-8-9-13(20)12(18-11)10-23-24(5,6)16(2,3)4/h11-13,18,20H,7-10H2,1-6H3/p+1/b15-14+/t11-,12-,13+/m1/s1. The van der Waals surface area contributed by atoms with Gasteiger partial charge in [0.1, 0.15) is 6.04 Å². The highest BCUT2D eigenvalue weighted by atomic mass is 28.4. The predicted molar refractivity (Wildman–Crippen MR) is 95.5 cm³/mol. The number of ether oxygens (including phenoxy) is 1. The largest absolute Gasteiger partial charge is 0.475 e. The van der Waals surface area contributed by atoms with E-state index in [1.54, 1.807) is 6.92 Å². The summed E-state index contributed by atoms with van der Waals surface area (Å²) in [6.45, 7) is 13.2. The molecule has 1 rings (SSSR count). The van der Waals surface area contributed by atoms with Crippen LogP contribution in [0.1, 0.15) is 40.5 Å². The molecule has 0 aromatic rings. The molecule has 0 saturated carbocycles. The summed E-state index contributed by atoms with van der Waals surface area (Å²) in [6, 6.07) is -0.679. The van der Waals surface area contributed by atoms with Gasteiger partial charge >= 0.3 is 11.6 Å². The fourth-order valence-electron chi connectivity index (χ4n) is 2.35. The minimum Gasteiger partial charge on any atom is -0.475 e. The Hall–Kier alpha value is -1.14. The zero-order chi connectivity index (χ0) is 18.5. The van der Waals surface area contributed by atoms with Gasteiger partial charge in [-0.25, -0.2) is 0 Å². The quantitative estimate of drug-likeness (QED) is 0.383. The van der Waals surface area contributed by atoms with Crippen LogP contribution in [0.3, 0.4) is 0 Å². The summed E-state index contributed by atoms with van der Waals surface area (Å²) in [7, 11) is -1.92. The van der Waals surface area contributed by atoms with Crippen molar-refractivity contribution in [3.8, 4) is 0 Å². The van der Waals surface area contributed by atoms with Crippen molar-refractivity contribution in [1.29, 1.82) is 5.39 Å². The average Bonchev–Trinajstić information content (AvgIpc) is 2.47. The molecule has 0 radical (unpaired) electrons. The number of nitrogens with zero attached hydrogens (tertiary/aromatic N) is 2. The lowest BCUT2D eigenvalue weighted by atomic mass is 9.94. The molecule has 0 spiro atoms. The molecule has 1 saturated heterocycles. The lowest BCUT2D eigenvalue weighted by Gasteiger charge is -2.39. The van der Waals surface area contributed by atoms with Crippen molar-refractivity contribution in [2.75, 3.05) is 13.2 Å². The van der Waals surface area contributed by atoms with E-state index in [0.29, 0.717) is 19.4 Å². The molecule has 3 atom stereocenters. The molecule has 0 aliphatic carbocycles. The summed E-state index contributed by atoms with van der Waals surface area (Å²) in [6.07, 6.45) is 0.524. The summed E-state index contributed by atoms with van der Waals surface area (Å²) in [4.78, 5) is 3.17. The molecule has 0 aromatic carbocycles. The molecular formula is C16H32N3O4Si+. The minimum absolute atomic E-state index is 0.0566. The van der Waals surface area contributed by atoms with Crippen LogP contribution in [0, 0.1) is 5.39 Å². The number of hydrogen-bond acceptors (Lipinski definition) is 6. The van der Waals surface area contributed by atoms with E-state index < -0.39 is 26.4 Å². The fourth-order valence-corrected chi connectivity index (χ4v) is 3.38. The smallest absolute Gasteiger partial charge is 0.457 e. The van der Waals surface area contributed by atoms with Crippen molar-refractivity contribution < 1.29 is 19.4 Å². The Balaban J connectivity index is 2.80. The lowest BCUT2D eigenvalue weighted by Crippen LogP contribution is -2.55. The zero-order valence-electron chi connectivity index (χ0n) is 15.7. The summed E-state index contributed by atoms with van der Waals surface area (Å²) in [5.41, 5.74) is 0.0566. The third kappa shape index (κ3) is 5.18. The first-order valence-corrected chi connectivity index (χ1v) is 11.4. The SMILES string of the molecule is CCO/C(O)=C(/[N+]#N)[C@H]1CC[C@H](O)[C@@H](CO[Si](C)(C)C(C)(C)C)N1. The Morgan fingerprint density at radius 1 is 1.33 bits per heavy atom. The van der Waals surface area contributed by atoms with Crippen LogP contribution in [0.15, 0.2) is 11.6 Å². The highest BCUT2D eigenvalue weighted by Gasteiger charge is 2.42. The van der Waals surface area contributed by atoms with E-state index in [4.69, 9.17) is 9.16 Å². The first kappa shape index (κ1) is 20.9. The Labute approximate surface area is 145 Å². The van der Waals surface area contributed by atoms with Gasteiger partial charge in [0.2, 0.25) is 5.39 Å². The van der Waals surface area contributed by atoms with Crippen LogP contribution in [-0.2, 0) is 9.16 Å². The second-order valence-electron chi connectivity index (χ2n) is 7.77. The average molecular weight is 359 g/mol. The Bertz CT molecular complexity index is 497. The molecule has 7 nitrogen and oxygen atoms in total. The molecule has 138 valence electrons. The maximum absolute atomic E-state index is 10.3. The van der Waals surface area contributed by atoms with Gasteiger partial charge in [-0.15, -0.1) is 0 Å². The highest BCUT2D eigenvalue weighted by Crippen LogP contribution is 2.36. The van der Waals surface area contributed by atoms with Gasteiger partial charge in [-0.2, -0.15) is 0 Å². The topological polar surface area (TPSA) is 99.1 Å². The number of aliphatic hydroxyl groups excluding tert-OH is 2. The Morgan fingerprint density at radius 3 is 2.46 bits per heavy atom. The zero-order valence-corrected chi connectivity index (χ0v) is 16.7. The molecule has 0 unspecified atom stereocenters. The van der Waals surface area contributed by atoms with Gasteiger partial charge in [0.05, 0.1) is 25.4 Å². The second kappa shape index (κ2) is 8.29. The molecule has 1 aliphatic heterocycles. The molecule has 8 heteroatoms. The summed E-state index contributed by atoms with van der Waals surface area (Å²) < 4.78 is 11.2. The lowest BCUT2D eigenvalue weighted by molar-refractivity contribution is 0.0524. The van der Waals surface area contributed by atoms with E-state index in [1.165, 1.54) is 0 Å². The molecule has 3 N–H and O–H groups in total. The van der Waals surface area contributed by atoms with Crippen LogP contribution in [0.4, 0.5) is 0 Å². The molecule has 24 heavy (non-hydrogen) atoms.